The zero-order valence-corrected chi connectivity index (χ0v) is 8.22. The first-order valence-corrected chi connectivity index (χ1v) is 4.91. The van der Waals surface area contributed by atoms with Crippen molar-refractivity contribution in [3.05, 3.63) is 35.9 Å². The fourth-order valence-corrected chi connectivity index (χ4v) is 1.63. The zero-order valence-electron chi connectivity index (χ0n) is 8.22. The van der Waals surface area contributed by atoms with Crippen LogP contribution in [0, 0.1) is 0 Å². The molecule has 1 aromatic carbocycles. The lowest BCUT2D eigenvalue weighted by Gasteiger charge is -2.07. The third-order valence-electron chi connectivity index (χ3n) is 2.38. The highest BCUT2D eigenvalue weighted by Gasteiger charge is 2.32. The van der Waals surface area contributed by atoms with E-state index in [9.17, 15) is 4.79 Å². The molecule has 0 aromatic heterocycles. The Morgan fingerprint density at radius 1 is 1.33 bits per heavy atom. The van der Waals surface area contributed by atoms with Crippen LogP contribution in [0.5, 0.6) is 0 Å². The molecule has 15 heavy (non-hydrogen) atoms. The lowest BCUT2D eigenvalue weighted by atomic mass is 10.1. The maximum absolute atomic E-state index is 11.4. The molecule has 80 valence electrons. The van der Waals surface area contributed by atoms with Gasteiger partial charge in [0.15, 0.2) is 6.23 Å². The van der Waals surface area contributed by atoms with Crippen LogP contribution in [0.1, 0.15) is 5.56 Å². The SMILES string of the molecule is O=C1OC(CO)NC1Cc1ccccc1. The maximum Gasteiger partial charge on any atom is 0.325 e. The van der Waals surface area contributed by atoms with Gasteiger partial charge in [-0.05, 0) is 12.0 Å². The highest BCUT2D eigenvalue weighted by atomic mass is 16.6. The van der Waals surface area contributed by atoms with Crippen molar-refractivity contribution in [2.45, 2.75) is 18.7 Å². The minimum Gasteiger partial charge on any atom is -0.443 e. The lowest BCUT2D eigenvalue weighted by Crippen LogP contribution is -2.35. The van der Waals surface area contributed by atoms with Crippen molar-refractivity contribution in [1.29, 1.82) is 0 Å². The molecule has 1 aliphatic rings. The van der Waals surface area contributed by atoms with Gasteiger partial charge in [0.2, 0.25) is 0 Å². The molecule has 1 heterocycles. The number of rotatable bonds is 3. The number of esters is 1. The Morgan fingerprint density at radius 2 is 2.07 bits per heavy atom. The van der Waals surface area contributed by atoms with E-state index in [0.29, 0.717) is 6.42 Å². The van der Waals surface area contributed by atoms with E-state index in [4.69, 9.17) is 9.84 Å². The van der Waals surface area contributed by atoms with Gasteiger partial charge in [-0.25, -0.2) is 0 Å². The number of nitrogens with one attached hydrogen (secondary N) is 1. The van der Waals surface area contributed by atoms with Crippen molar-refractivity contribution in [3.8, 4) is 0 Å². The normalized spacial score (nSPS) is 25.3. The smallest absolute Gasteiger partial charge is 0.325 e. The zero-order chi connectivity index (χ0) is 10.7. The summed E-state index contributed by atoms with van der Waals surface area (Å²) >= 11 is 0. The summed E-state index contributed by atoms with van der Waals surface area (Å²) in [7, 11) is 0. The van der Waals surface area contributed by atoms with Crippen LogP contribution in [0.3, 0.4) is 0 Å². The van der Waals surface area contributed by atoms with Gasteiger partial charge in [-0.15, -0.1) is 0 Å². The minimum absolute atomic E-state index is 0.184. The molecule has 4 heteroatoms. The molecule has 0 bridgehead atoms. The third kappa shape index (κ3) is 2.34. The van der Waals surface area contributed by atoms with Crippen LogP contribution in [0.4, 0.5) is 0 Å². The quantitative estimate of drug-likeness (QED) is 0.688. The molecule has 0 saturated carbocycles. The molecule has 1 fully saturated rings. The molecule has 1 saturated heterocycles. The Morgan fingerprint density at radius 3 is 2.67 bits per heavy atom. The van der Waals surface area contributed by atoms with Gasteiger partial charge in [-0.3, -0.25) is 10.1 Å². The fourth-order valence-electron chi connectivity index (χ4n) is 1.63. The van der Waals surface area contributed by atoms with Crippen LogP contribution in [0.15, 0.2) is 30.3 Å². The van der Waals surface area contributed by atoms with Crippen molar-refractivity contribution in [2.24, 2.45) is 0 Å². The second kappa shape index (κ2) is 4.42. The summed E-state index contributed by atoms with van der Waals surface area (Å²) in [6.45, 7) is -0.184. The number of carbonyl (C=O) groups is 1. The van der Waals surface area contributed by atoms with E-state index in [1.165, 1.54) is 0 Å². The number of cyclic esters (lactones) is 1. The summed E-state index contributed by atoms with van der Waals surface area (Å²) in [5.74, 6) is -0.294. The van der Waals surface area contributed by atoms with Crippen molar-refractivity contribution >= 4 is 5.97 Å². The molecule has 4 nitrogen and oxygen atoms in total. The van der Waals surface area contributed by atoms with Gasteiger partial charge in [-0.2, -0.15) is 0 Å². The fraction of sp³-hybridized carbons (Fsp3) is 0.364. The van der Waals surface area contributed by atoms with Gasteiger partial charge in [0, 0.05) is 0 Å². The molecule has 0 amide bonds. The van der Waals surface area contributed by atoms with E-state index < -0.39 is 6.23 Å². The number of ether oxygens (including phenoxy) is 1. The summed E-state index contributed by atoms with van der Waals surface area (Å²) < 4.78 is 4.90. The van der Waals surface area contributed by atoms with Crippen molar-refractivity contribution < 1.29 is 14.6 Å². The summed E-state index contributed by atoms with van der Waals surface area (Å²) in [4.78, 5) is 11.4. The Labute approximate surface area is 87.9 Å². The van der Waals surface area contributed by atoms with E-state index in [-0.39, 0.29) is 18.6 Å². The predicted molar refractivity (Wildman–Crippen MR) is 54.0 cm³/mol. The number of carbonyl (C=O) groups excluding carboxylic acids is 1. The second-order valence-corrected chi connectivity index (χ2v) is 3.52. The van der Waals surface area contributed by atoms with E-state index in [1.807, 2.05) is 30.3 Å². The molecule has 0 aliphatic carbocycles. The van der Waals surface area contributed by atoms with Gasteiger partial charge in [0.25, 0.3) is 0 Å². The van der Waals surface area contributed by atoms with Crippen LogP contribution in [0.2, 0.25) is 0 Å². The number of hydrogen-bond donors (Lipinski definition) is 2. The van der Waals surface area contributed by atoms with Crippen LogP contribution >= 0.6 is 0 Å². The largest absolute Gasteiger partial charge is 0.443 e. The summed E-state index contributed by atoms with van der Waals surface area (Å²) in [5, 5.41) is 11.7. The number of hydrogen-bond acceptors (Lipinski definition) is 4. The Balaban J connectivity index is 1.99. The van der Waals surface area contributed by atoms with E-state index in [0.717, 1.165) is 5.56 Å². The first-order chi connectivity index (χ1) is 7.29. The molecule has 1 aliphatic heterocycles. The van der Waals surface area contributed by atoms with E-state index in [2.05, 4.69) is 5.32 Å². The second-order valence-electron chi connectivity index (χ2n) is 3.52. The lowest BCUT2D eigenvalue weighted by molar-refractivity contribution is -0.143. The number of aliphatic hydroxyl groups is 1. The first kappa shape index (κ1) is 10.1. The Bertz CT molecular complexity index is 339. The van der Waals surface area contributed by atoms with Crippen LogP contribution < -0.4 is 5.32 Å². The highest BCUT2D eigenvalue weighted by Crippen LogP contribution is 2.10. The third-order valence-corrected chi connectivity index (χ3v) is 2.38. The van der Waals surface area contributed by atoms with Gasteiger partial charge in [-0.1, -0.05) is 30.3 Å². The maximum atomic E-state index is 11.4. The summed E-state index contributed by atoms with van der Waals surface area (Å²) in [6, 6.07) is 9.37. The number of aliphatic hydroxyl groups excluding tert-OH is 1. The first-order valence-electron chi connectivity index (χ1n) is 4.91. The average molecular weight is 207 g/mol. The molecular weight excluding hydrogens is 194 g/mol. The van der Waals surface area contributed by atoms with Gasteiger partial charge in [0.05, 0.1) is 6.61 Å². The molecule has 0 radical (unpaired) electrons. The Hall–Kier alpha value is -1.39. The van der Waals surface area contributed by atoms with Gasteiger partial charge < -0.3 is 9.84 Å². The minimum atomic E-state index is -0.550. The molecule has 2 N–H and O–H groups in total. The monoisotopic (exact) mass is 207 g/mol. The number of benzene rings is 1. The average Bonchev–Trinajstić information content (AvgIpc) is 2.61. The van der Waals surface area contributed by atoms with Crippen LogP contribution in [-0.4, -0.2) is 30.0 Å². The van der Waals surface area contributed by atoms with E-state index in [1.54, 1.807) is 0 Å². The topological polar surface area (TPSA) is 58.6 Å². The Kier molecular flexibility index (Phi) is 2.99. The molecule has 2 atom stereocenters. The molecular formula is C11H13NO3. The highest BCUT2D eigenvalue weighted by molar-refractivity contribution is 5.78. The van der Waals surface area contributed by atoms with Crippen molar-refractivity contribution in [3.63, 3.8) is 0 Å². The predicted octanol–water partition coefficient (Wildman–Crippen LogP) is 0.0625. The summed E-state index contributed by atoms with van der Waals surface area (Å²) in [5.41, 5.74) is 1.07. The van der Waals surface area contributed by atoms with E-state index >= 15 is 0 Å². The van der Waals surface area contributed by atoms with Gasteiger partial charge >= 0.3 is 5.97 Å². The van der Waals surface area contributed by atoms with Crippen LogP contribution in [0.25, 0.3) is 0 Å². The molecule has 0 spiro atoms. The summed E-state index contributed by atoms with van der Waals surface area (Å²) in [6.07, 6.45) is 0.0436. The van der Waals surface area contributed by atoms with Crippen LogP contribution in [-0.2, 0) is 16.0 Å². The molecule has 1 aromatic rings. The standard InChI is InChI=1S/C11H13NO3/c13-7-10-12-9(11(14)15-10)6-8-4-2-1-3-5-8/h1-5,9-10,12-13H,6-7H2. The molecule has 2 rings (SSSR count). The molecule has 2 unspecified atom stereocenters. The van der Waals surface area contributed by atoms with Crippen molar-refractivity contribution in [1.82, 2.24) is 5.32 Å². The van der Waals surface area contributed by atoms with Crippen molar-refractivity contribution in [2.75, 3.05) is 6.61 Å². The van der Waals surface area contributed by atoms with Gasteiger partial charge in [0.1, 0.15) is 6.04 Å².